The number of nitrogens with one attached hydrogen (secondary N) is 1. The number of aryl methyl sites for hydroxylation is 1. The van der Waals surface area contributed by atoms with Crippen LogP contribution in [0.2, 0.25) is 5.02 Å². The zero-order valence-electron chi connectivity index (χ0n) is 23.1. The molecular formula is C29H28Cl2F5N5O2. The van der Waals surface area contributed by atoms with Crippen LogP contribution < -0.4 is 19.9 Å². The second-order valence-corrected chi connectivity index (χ2v) is 10.4. The molecule has 0 saturated carbocycles. The fourth-order valence-electron chi connectivity index (χ4n) is 5.17. The first-order chi connectivity index (χ1) is 19.9. The summed E-state index contributed by atoms with van der Waals surface area (Å²) in [6.45, 7) is 4.65. The number of piperazine rings is 1. The molecule has 230 valence electrons. The van der Waals surface area contributed by atoms with E-state index in [4.69, 9.17) is 11.6 Å². The van der Waals surface area contributed by atoms with Gasteiger partial charge in [-0.3, -0.25) is 9.20 Å². The second-order valence-electron chi connectivity index (χ2n) is 9.94. The fourth-order valence-corrected chi connectivity index (χ4v) is 5.33. The van der Waals surface area contributed by atoms with Gasteiger partial charge < -0.3 is 19.9 Å². The number of hydrogen-bond acceptors (Lipinski definition) is 5. The van der Waals surface area contributed by atoms with Crippen molar-refractivity contribution in [2.75, 3.05) is 29.4 Å². The number of amides is 1. The Kier molecular flexibility index (Phi) is 9.60. The van der Waals surface area contributed by atoms with Crippen LogP contribution in [0.3, 0.4) is 0 Å². The van der Waals surface area contributed by atoms with Crippen LogP contribution in [0.5, 0.6) is 5.75 Å². The van der Waals surface area contributed by atoms with E-state index in [1.807, 2.05) is 18.7 Å². The molecule has 1 fully saturated rings. The van der Waals surface area contributed by atoms with Crippen molar-refractivity contribution in [2.24, 2.45) is 0 Å². The van der Waals surface area contributed by atoms with Crippen molar-refractivity contribution in [3.05, 3.63) is 88.3 Å². The number of nitrogens with zero attached hydrogens (tertiary/aromatic N) is 4. The predicted octanol–water partition coefficient (Wildman–Crippen LogP) is 6.79. The number of ether oxygens (including phenoxy) is 1. The van der Waals surface area contributed by atoms with E-state index in [1.165, 1.54) is 24.3 Å². The summed E-state index contributed by atoms with van der Waals surface area (Å²) in [5.74, 6) is -2.11. The first-order valence-electron chi connectivity index (χ1n) is 13.2. The molecule has 1 N–H and O–H groups in total. The Balaban J connectivity index is 0.00000423. The van der Waals surface area contributed by atoms with Gasteiger partial charge >= 0.3 is 6.36 Å². The Bertz CT molecular complexity index is 1610. The highest BCUT2D eigenvalue weighted by atomic mass is 35.5. The van der Waals surface area contributed by atoms with Crippen LogP contribution in [0.1, 0.15) is 35.6 Å². The van der Waals surface area contributed by atoms with Crippen molar-refractivity contribution in [3.8, 4) is 5.75 Å². The van der Waals surface area contributed by atoms with Crippen molar-refractivity contribution >= 4 is 46.9 Å². The predicted molar refractivity (Wildman–Crippen MR) is 157 cm³/mol. The SMILES string of the molecule is CCc1nc2ccc(Cl)cn2c1C(=O)NCc1cc(F)c(N2CCN(c3ccc(OC(F)(F)F)cc3)[C@@H](C)C2)cc1F.Cl. The highest BCUT2D eigenvalue weighted by Gasteiger charge is 2.31. The molecule has 0 unspecified atom stereocenters. The van der Waals surface area contributed by atoms with E-state index in [2.05, 4.69) is 15.0 Å². The topological polar surface area (TPSA) is 62.1 Å². The molecule has 1 aliphatic heterocycles. The maximum Gasteiger partial charge on any atom is 0.573 e. The number of benzene rings is 2. The maximum absolute atomic E-state index is 15.2. The molecule has 1 aliphatic rings. The van der Waals surface area contributed by atoms with Gasteiger partial charge in [0.2, 0.25) is 0 Å². The van der Waals surface area contributed by atoms with Gasteiger partial charge in [-0.05, 0) is 55.8 Å². The first-order valence-corrected chi connectivity index (χ1v) is 13.6. The molecule has 43 heavy (non-hydrogen) atoms. The molecular weight excluding hydrogens is 616 g/mol. The molecule has 7 nitrogen and oxygen atoms in total. The average molecular weight is 644 g/mol. The fraction of sp³-hybridized carbons (Fsp3) is 0.310. The van der Waals surface area contributed by atoms with E-state index in [0.29, 0.717) is 48.1 Å². The quantitative estimate of drug-likeness (QED) is 0.225. The zero-order chi connectivity index (χ0) is 30.2. The van der Waals surface area contributed by atoms with Gasteiger partial charge in [-0.25, -0.2) is 13.8 Å². The largest absolute Gasteiger partial charge is 0.573 e. The van der Waals surface area contributed by atoms with Gasteiger partial charge in [-0.1, -0.05) is 18.5 Å². The summed E-state index contributed by atoms with van der Waals surface area (Å²) in [4.78, 5) is 21.2. The van der Waals surface area contributed by atoms with Crippen LogP contribution in [0.4, 0.5) is 33.3 Å². The van der Waals surface area contributed by atoms with Gasteiger partial charge in [0.25, 0.3) is 5.91 Å². The Morgan fingerprint density at radius 2 is 1.81 bits per heavy atom. The molecule has 4 aromatic rings. The number of fused-ring (bicyclic) bond motifs is 1. The van der Waals surface area contributed by atoms with E-state index in [0.717, 1.165) is 12.1 Å². The van der Waals surface area contributed by atoms with Gasteiger partial charge in [-0.2, -0.15) is 0 Å². The summed E-state index contributed by atoms with van der Waals surface area (Å²) in [6, 6.07) is 10.9. The van der Waals surface area contributed by atoms with Crippen LogP contribution in [-0.4, -0.2) is 47.3 Å². The summed E-state index contributed by atoms with van der Waals surface area (Å²) < 4.78 is 73.2. The van der Waals surface area contributed by atoms with Crippen LogP contribution in [0.15, 0.2) is 54.7 Å². The molecule has 1 saturated heterocycles. The Labute approximate surface area is 255 Å². The van der Waals surface area contributed by atoms with Crippen LogP contribution in [0, 0.1) is 11.6 Å². The van der Waals surface area contributed by atoms with E-state index in [9.17, 15) is 18.0 Å². The van der Waals surface area contributed by atoms with Crippen molar-refractivity contribution in [1.82, 2.24) is 14.7 Å². The van der Waals surface area contributed by atoms with E-state index >= 15 is 8.78 Å². The lowest BCUT2D eigenvalue weighted by Gasteiger charge is -2.42. The zero-order valence-corrected chi connectivity index (χ0v) is 24.7. The monoisotopic (exact) mass is 643 g/mol. The van der Waals surface area contributed by atoms with E-state index in [1.54, 1.807) is 27.6 Å². The Morgan fingerprint density at radius 3 is 2.47 bits per heavy atom. The van der Waals surface area contributed by atoms with Crippen LogP contribution >= 0.6 is 24.0 Å². The normalized spacial score (nSPS) is 15.4. The Morgan fingerprint density at radius 1 is 1.09 bits per heavy atom. The lowest BCUT2D eigenvalue weighted by Crippen LogP contribution is -2.52. The smallest absolute Gasteiger partial charge is 0.406 e. The molecule has 1 atom stereocenters. The number of halogens is 7. The lowest BCUT2D eigenvalue weighted by molar-refractivity contribution is -0.274. The summed E-state index contributed by atoms with van der Waals surface area (Å²) in [6.07, 6.45) is -2.71. The molecule has 1 amide bonds. The van der Waals surface area contributed by atoms with Crippen molar-refractivity contribution < 1.29 is 31.5 Å². The number of rotatable bonds is 7. The van der Waals surface area contributed by atoms with Crippen molar-refractivity contribution in [2.45, 2.75) is 39.2 Å². The summed E-state index contributed by atoms with van der Waals surface area (Å²) in [5, 5.41) is 3.08. The lowest BCUT2D eigenvalue weighted by atomic mass is 10.1. The minimum absolute atomic E-state index is 0. The van der Waals surface area contributed by atoms with Crippen molar-refractivity contribution in [3.63, 3.8) is 0 Å². The molecule has 0 aliphatic carbocycles. The molecule has 5 rings (SSSR count). The molecule has 0 bridgehead atoms. The van der Waals surface area contributed by atoms with Gasteiger partial charge in [0.05, 0.1) is 16.4 Å². The summed E-state index contributed by atoms with van der Waals surface area (Å²) >= 11 is 6.09. The van der Waals surface area contributed by atoms with Crippen LogP contribution in [-0.2, 0) is 13.0 Å². The third-order valence-corrected chi connectivity index (χ3v) is 7.35. The molecule has 14 heteroatoms. The maximum atomic E-state index is 15.2. The minimum Gasteiger partial charge on any atom is -0.406 e. The first kappa shape index (κ1) is 32.2. The molecule has 0 radical (unpaired) electrons. The van der Waals surface area contributed by atoms with Gasteiger partial charge in [0.15, 0.2) is 0 Å². The number of carbonyl (C=O) groups is 1. The number of aromatic nitrogens is 2. The third kappa shape index (κ3) is 7.07. The summed E-state index contributed by atoms with van der Waals surface area (Å²) in [5.41, 5.74) is 2.14. The molecule has 3 heterocycles. The molecule has 2 aromatic heterocycles. The number of anilines is 2. The minimum atomic E-state index is -4.77. The van der Waals surface area contributed by atoms with Crippen LogP contribution in [0.25, 0.3) is 5.65 Å². The Hall–Kier alpha value is -3.77. The molecule has 2 aromatic carbocycles. The summed E-state index contributed by atoms with van der Waals surface area (Å²) in [7, 11) is 0. The average Bonchev–Trinajstić information content (AvgIpc) is 3.30. The third-order valence-electron chi connectivity index (χ3n) is 7.13. The van der Waals surface area contributed by atoms with Gasteiger partial charge in [0, 0.05) is 55.7 Å². The number of alkyl halides is 3. The number of imidazole rings is 1. The number of hydrogen-bond donors (Lipinski definition) is 1. The van der Waals surface area contributed by atoms with E-state index in [-0.39, 0.29) is 47.7 Å². The second kappa shape index (κ2) is 12.8. The van der Waals surface area contributed by atoms with Gasteiger partial charge in [-0.15, -0.1) is 25.6 Å². The van der Waals surface area contributed by atoms with Gasteiger partial charge in [0.1, 0.15) is 28.7 Å². The van der Waals surface area contributed by atoms with Crippen molar-refractivity contribution in [1.29, 1.82) is 0 Å². The number of carbonyl (C=O) groups excluding carboxylic acids is 1. The number of pyridine rings is 1. The highest BCUT2D eigenvalue weighted by Crippen LogP contribution is 2.30. The molecule has 0 spiro atoms. The highest BCUT2D eigenvalue weighted by molar-refractivity contribution is 6.30. The standard InChI is InChI=1S/C29H27ClF5N5O2.ClH/c1-3-24-27(40-16-19(30)4-9-26(40)37-24)28(41)36-14-18-12-23(32)25(13-22(18)31)38-10-11-39(17(2)15-38)20-5-7-21(8-6-20)42-29(33,34)35;/h4-9,12-13,16-17H,3,10-11,14-15H2,1-2H3,(H,36,41);1H/t17-;/m0./s1. The van der Waals surface area contributed by atoms with E-state index < -0.39 is 23.9 Å².